The van der Waals surface area contributed by atoms with E-state index in [0.29, 0.717) is 18.6 Å². The van der Waals surface area contributed by atoms with Crippen LogP contribution in [0.15, 0.2) is 56.9 Å². The minimum atomic E-state index is -0.351. The summed E-state index contributed by atoms with van der Waals surface area (Å²) in [5.74, 6) is 1.41. The Kier molecular flexibility index (Phi) is 6.80. The first-order valence-corrected chi connectivity index (χ1v) is 13.1. The molecule has 0 saturated carbocycles. The van der Waals surface area contributed by atoms with Crippen LogP contribution in [-0.4, -0.2) is 29.9 Å². The Bertz CT molecular complexity index is 974. The van der Waals surface area contributed by atoms with Crippen LogP contribution in [0.2, 0.25) is 0 Å². The molecule has 0 amide bonds. The molecule has 30 heavy (non-hydrogen) atoms. The highest BCUT2D eigenvalue weighted by Crippen LogP contribution is 2.46. The van der Waals surface area contributed by atoms with Gasteiger partial charge in [-0.1, -0.05) is 13.0 Å². The smallest absolute Gasteiger partial charge is 0.336 e. The standard InChI is InChI=1S/C23H25NO3S3/c1-3-28-10-7-27-23(26)20-14(2)24-17-11-16(19-5-4-8-30-19)12-18(25)22(17)21(20)15-6-9-29-13-15/h4-6,8-9,13,16,21,24H,3,7,10-12H2,1-2H3/t16-,21+/m1/s1. The third-order valence-corrected chi connectivity index (χ3v) is 8.13. The van der Waals surface area contributed by atoms with Crippen molar-refractivity contribution in [1.29, 1.82) is 0 Å². The number of thiophene rings is 2. The van der Waals surface area contributed by atoms with E-state index < -0.39 is 0 Å². The number of Topliss-reactive ketones (excluding diaryl/α,β-unsaturated/α-hetero) is 1. The molecule has 2 aromatic rings. The summed E-state index contributed by atoms with van der Waals surface area (Å²) in [5.41, 5.74) is 4.04. The van der Waals surface area contributed by atoms with Crippen LogP contribution >= 0.6 is 34.4 Å². The van der Waals surface area contributed by atoms with Gasteiger partial charge in [0.05, 0.1) is 5.57 Å². The number of hydrogen-bond donors (Lipinski definition) is 1. The summed E-state index contributed by atoms with van der Waals surface area (Å²) in [6.07, 6.45) is 1.27. The fourth-order valence-corrected chi connectivity index (χ4v) is 6.23. The van der Waals surface area contributed by atoms with E-state index >= 15 is 0 Å². The number of carbonyl (C=O) groups excluding carboxylic acids is 2. The van der Waals surface area contributed by atoms with Crippen molar-refractivity contribution in [3.8, 4) is 0 Å². The van der Waals surface area contributed by atoms with Gasteiger partial charge in [-0.15, -0.1) is 11.3 Å². The second-order valence-electron chi connectivity index (χ2n) is 7.42. The molecule has 158 valence electrons. The fraction of sp³-hybridized carbons (Fsp3) is 0.391. The van der Waals surface area contributed by atoms with Crippen LogP contribution < -0.4 is 5.32 Å². The normalized spacial score (nSPS) is 21.5. The molecule has 4 nitrogen and oxygen atoms in total. The van der Waals surface area contributed by atoms with Crippen molar-refractivity contribution in [3.05, 3.63) is 67.3 Å². The second kappa shape index (κ2) is 9.54. The van der Waals surface area contributed by atoms with Crippen molar-refractivity contribution in [2.75, 3.05) is 18.1 Å². The zero-order chi connectivity index (χ0) is 21.1. The van der Waals surface area contributed by atoms with E-state index in [2.05, 4.69) is 23.7 Å². The van der Waals surface area contributed by atoms with Gasteiger partial charge in [0.15, 0.2) is 5.78 Å². The van der Waals surface area contributed by atoms with Gasteiger partial charge < -0.3 is 10.1 Å². The minimum absolute atomic E-state index is 0.123. The number of ether oxygens (including phenoxy) is 1. The van der Waals surface area contributed by atoms with E-state index in [4.69, 9.17) is 4.74 Å². The number of nitrogens with one attached hydrogen (secondary N) is 1. The summed E-state index contributed by atoms with van der Waals surface area (Å²) in [6, 6.07) is 6.15. The van der Waals surface area contributed by atoms with Crippen molar-refractivity contribution >= 4 is 46.2 Å². The van der Waals surface area contributed by atoms with Crippen LogP contribution in [-0.2, 0) is 14.3 Å². The number of allylic oxidation sites excluding steroid dienone is 3. The topological polar surface area (TPSA) is 55.4 Å². The number of ketones is 1. The van der Waals surface area contributed by atoms with Gasteiger partial charge >= 0.3 is 5.97 Å². The van der Waals surface area contributed by atoms with E-state index in [1.54, 1.807) is 34.4 Å². The summed E-state index contributed by atoms with van der Waals surface area (Å²) in [4.78, 5) is 27.6. The predicted octanol–water partition coefficient (Wildman–Crippen LogP) is 5.47. The van der Waals surface area contributed by atoms with Crippen LogP contribution in [0, 0.1) is 0 Å². The average molecular weight is 460 g/mol. The van der Waals surface area contributed by atoms with Crippen molar-refractivity contribution in [2.45, 2.75) is 38.5 Å². The van der Waals surface area contributed by atoms with Gasteiger partial charge in [-0.3, -0.25) is 4.79 Å². The van der Waals surface area contributed by atoms with Gasteiger partial charge in [0.1, 0.15) is 6.61 Å². The molecule has 0 unspecified atom stereocenters. The molecule has 0 fully saturated rings. The van der Waals surface area contributed by atoms with Crippen molar-refractivity contribution in [1.82, 2.24) is 5.32 Å². The lowest BCUT2D eigenvalue weighted by molar-refractivity contribution is -0.138. The first kappa shape index (κ1) is 21.4. The second-order valence-corrected chi connectivity index (χ2v) is 10.6. The number of thioether (sulfide) groups is 1. The number of dihydropyridines is 1. The van der Waals surface area contributed by atoms with E-state index in [9.17, 15) is 9.59 Å². The molecular formula is C23H25NO3S3. The first-order chi connectivity index (χ1) is 14.6. The van der Waals surface area contributed by atoms with Crippen LogP contribution in [0.5, 0.6) is 0 Å². The Balaban J connectivity index is 1.66. The highest BCUT2D eigenvalue weighted by Gasteiger charge is 2.41. The Morgan fingerprint density at radius 1 is 1.30 bits per heavy atom. The molecule has 1 aliphatic carbocycles. The highest BCUT2D eigenvalue weighted by molar-refractivity contribution is 7.99. The maximum Gasteiger partial charge on any atom is 0.336 e. The summed E-state index contributed by atoms with van der Waals surface area (Å²) in [6.45, 7) is 4.38. The van der Waals surface area contributed by atoms with E-state index in [-0.39, 0.29) is 23.6 Å². The maximum atomic E-state index is 13.3. The Labute approximate surface area is 189 Å². The molecular weight excluding hydrogens is 434 g/mol. The summed E-state index contributed by atoms with van der Waals surface area (Å²) in [5, 5.41) is 9.49. The van der Waals surface area contributed by atoms with E-state index in [0.717, 1.165) is 40.5 Å². The van der Waals surface area contributed by atoms with Crippen LogP contribution in [0.1, 0.15) is 49.0 Å². The number of esters is 1. The molecule has 7 heteroatoms. The molecule has 0 aromatic carbocycles. The number of rotatable bonds is 7. The summed E-state index contributed by atoms with van der Waals surface area (Å²) >= 11 is 5.02. The molecule has 0 bridgehead atoms. The van der Waals surface area contributed by atoms with Gasteiger partial charge in [-0.2, -0.15) is 23.1 Å². The van der Waals surface area contributed by atoms with Crippen molar-refractivity contribution in [3.63, 3.8) is 0 Å². The van der Waals surface area contributed by atoms with Gasteiger partial charge in [-0.25, -0.2) is 4.79 Å². The summed E-state index contributed by atoms with van der Waals surface area (Å²) < 4.78 is 5.59. The largest absolute Gasteiger partial charge is 0.461 e. The third-order valence-electron chi connectivity index (χ3n) is 5.53. The zero-order valence-corrected chi connectivity index (χ0v) is 19.6. The van der Waals surface area contributed by atoms with Crippen molar-refractivity contribution in [2.24, 2.45) is 0 Å². The Hall–Kier alpha value is -1.83. The zero-order valence-electron chi connectivity index (χ0n) is 17.1. The summed E-state index contributed by atoms with van der Waals surface area (Å²) in [7, 11) is 0. The molecule has 2 atom stereocenters. The Morgan fingerprint density at radius 2 is 2.17 bits per heavy atom. The number of hydrogen-bond acceptors (Lipinski definition) is 7. The van der Waals surface area contributed by atoms with Crippen molar-refractivity contribution < 1.29 is 14.3 Å². The Morgan fingerprint density at radius 3 is 2.87 bits per heavy atom. The lowest BCUT2D eigenvalue weighted by Crippen LogP contribution is -2.36. The molecule has 0 radical (unpaired) electrons. The predicted molar refractivity (Wildman–Crippen MR) is 125 cm³/mol. The SMILES string of the molecule is CCSCCOC(=O)C1=C(C)NC2=C(C(=O)C[C@H](c3cccs3)C2)[C@H]1c1ccsc1. The van der Waals surface area contributed by atoms with Crippen LogP contribution in [0.4, 0.5) is 0 Å². The van der Waals surface area contributed by atoms with Gasteiger partial charge in [-0.05, 0) is 52.9 Å². The quantitative estimate of drug-likeness (QED) is 0.440. The molecule has 1 aliphatic heterocycles. The van der Waals surface area contributed by atoms with Crippen LogP contribution in [0.3, 0.4) is 0 Å². The van der Waals surface area contributed by atoms with E-state index in [1.807, 2.05) is 29.8 Å². The van der Waals surface area contributed by atoms with Crippen LogP contribution in [0.25, 0.3) is 0 Å². The van der Waals surface area contributed by atoms with E-state index in [1.165, 1.54) is 4.88 Å². The molecule has 2 aromatic heterocycles. The van der Waals surface area contributed by atoms with Gasteiger partial charge in [0.25, 0.3) is 0 Å². The van der Waals surface area contributed by atoms with Gasteiger partial charge in [0.2, 0.25) is 0 Å². The molecule has 4 rings (SSSR count). The maximum absolute atomic E-state index is 13.3. The monoisotopic (exact) mass is 459 g/mol. The molecule has 1 N–H and O–H groups in total. The lowest BCUT2D eigenvalue weighted by atomic mass is 9.73. The molecule has 0 spiro atoms. The molecule has 2 aliphatic rings. The average Bonchev–Trinajstić information content (AvgIpc) is 3.44. The number of carbonyl (C=O) groups is 2. The third kappa shape index (κ3) is 4.29. The molecule has 0 saturated heterocycles. The first-order valence-electron chi connectivity index (χ1n) is 10.1. The highest BCUT2D eigenvalue weighted by atomic mass is 32.2. The minimum Gasteiger partial charge on any atom is -0.461 e. The fourth-order valence-electron chi connectivity index (χ4n) is 4.22. The van der Waals surface area contributed by atoms with Gasteiger partial charge in [0, 0.05) is 45.9 Å². The lowest BCUT2D eigenvalue weighted by Gasteiger charge is -2.36. The molecule has 3 heterocycles.